The summed E-state index contributed by atoms with van der Waals surface area (Å²) in [6.45, 7) is 0.363. The van der Waals surface area contributed by atoms with Gasteiger partial charge in [-0.25, -0.2) is 14.8 Å². The number of aryl methyl sites for hydroxylation is 1. The van der Waals surface area contributed by atoms with Gasteiger partial charge in [0.2, 0.25) is 0 Å². The molecule has 0 bridgehead atoms. The zero-order valence-electron chi connectivity index (χ0n) is 11.2. The summed E-state index contributed by atoms with van der Waals surface area (Å²) in [4.78, 5) is 23.4. The molecule has 0 aliphatic carbocycles. The molecule has 0 aliphatic heterocycles. The molecule has 8 nitrogen and oxygen atoms in total. The Balaban J connectivity index is 1.83. The van der Waals surface area contributed by atoms with Crippen molar-refractivity contribution in [3.63, 3.8) is 0 Å². The Bertz CT molecular complexity index is 813. The average molecular weight is 284 g/mol. The lowest BCUT2D eigenvalue weighted by Gasteiger charge is -2.06. The van der Waals surface area contributed by atoms with Gasteiger partial charge in [0.05, 0.1) is 29.4 Å². The summed E-state index contributed by atoms with van der Waals surface area (Å²) in [7, 11) is 1.80. The van der Waals surface area contributed by atoms with Gasteiger partial charge in [-0.15, -0.1) is 0 Å². The van der Waals surface area contributed by atoms with Gasteiger partial charge in [-0.1, -0.05) is 0 Å². The minimum absolute atomic E-state index is 0.205. The van der Waals surface area contributed by atoms with E-state index in [0.717, 1.165) is 11.0 Å². The largest absolute Gasteiger partial charge is 0.478 e. The van der Waals surface area contributed by atoms with E-state index in [9.17, 15) is 4.79 Å². The van der Waals surface area contributed by atoms with Crippen LogP contribution in [0.2, 0.25) is 0 Å². The molecule has 3 aromatic heterocycles. The smallest absolute Gasteiger partial charge is 0.335 e. The van der Waals surface area contributed by atoms with Gasteiger partial charge >= 0.3 is 5.97 Å². The molecule has 0 aromatic carbocycles. The molecule has 0 saturated carbocycles. The molecular weight excluding hydrogens is 272 g/mol. The molecule has 106 valence electrons. The van der Waals surface area contributed by atoms with Crippen molar-refractivity contribution in [2.24, 2.45) is 7.05 Å². The number of nitrogens with one attached hydrogen (secondary N) is 1. The number of aromatic carboxylic acids is 1. The standard InChI is InChI=1S/C13H12N6O2/c1-19-12-10(6-18-19)11(16-7-17-12)15-5-9-4-8(13(20)21)2-3-14-9/h2-4,6-7H,5H2,1H3,(H,20,21)(H,15,16,17). The number of pyridine rings is 1. The molecule has 0 amide bonds. The maximum Gasteiger partial charge on any atom is 0.335 e. The fourth-order valence-corrected chi connectivity index (χ4v) is 1.99. The van der Waals surface area contributed by atoms with Crippen molar-refractivity contribution in [1.29, 1.82) is 0 Å². The zero-order valence-corrected chi connectivity index (χ0v) is 11.2. The van der Waals surface area contributed by atoms with Crippen LogP contribution in [-0.4, -0.2) is 35.8 Å². The molecule has 8 heteroatoms. The molecular formula is C13H12N6O2. The van der Waals surface area contributed by atoms with Crippen molar-refractivity contribution in [2.75, 3.05) is 5.32 Å². The number of hydrogen-bond donors (Lipinski definition) is 2. The molecule has 21 heavy (non-hydrogen) atoms. The van der Waals surface area contributed by atoms with Crippen LogP contribution in [-0.2, 0) is 13.6 Å². The Morgan fingerprint density at radius 1 is 1.38 bits per heavy atom. The van der Waals surface area contributed by atoms with E-state index in [-0.39, 0.29) is 5.56 Å². The summed E-state index contributed by atoms with van der Waals surface area (Å²) < 4.78 is 1.66. The van der Waals surface area contributed by atoms with Gasteiger partial charge in [0.1, 0.15) is 12.1 Å². The minimum atomic E-state index is -0.977. The van der Waals surface area contributed by atoms with Gasteiger partial charge in [-0.05, 0) is 12.1 Å². The van der Waals surface area contributed by atoms with Crippen LogP contribution in [0, 0.1) is 0 Å². The van der Waals surface area contributed by atoms with Crippen LogP contribution in [0.25, 0.3) is 11.0 Å². The first-order chi connectivity index (χ1) is 10.1. The van der Waals surface area contributed by atoms with E-state index in [1.807, 2.05) is 0 Å². The van der Waals surface area contributed by atoms with Crippen molar-refractivity contribution < 1.29 is 9.90 Å². The van der Waals surface area contributed by atoms with Gasteiger partial charge in [0.15, 0.2) is 5.65 Å². The highest BCUT2D eigenvalue weighted by atomic mass is 16.4. The van der Waals surface area contributed by atoms with Crippen LogP contribution < -0.4 is 5.32 Å². The van der Waals surface area contributed by atoms with Crippen LogP contribution in [0.1, 0.15) is 16.1 Å². The Morgan fingerprint density at radius 3 is 3.05 bits per heavy atom. The van der Waals surface area contributed by atoms with Gasteiger partial charge in [0, 0.05) is 13.2 Å². The topological polar surface area (TPSA) is 106 Å². The summed E-state index contributed by atoms with van der Waals surface area (Å²) >= 11 is 0. The molecule has 2 N–H and O–H groups in total. The molecule has 0 radical (unpaired) electrons. The highest BCUT2D eigenvalue weighted by Gasteiger charge is 2.08. The first-order valence-corrected chi connectivity index (χ1v) is 6.20. The average Bonchev–Trinajstić information content (AvgIpc) is 2.88. The highest BCUT2D eigenvalue weighted by Crippen LogP contribution is 2.18. The summed E-state index contributed by atoms with van der Waals surface area (Å²) in [5.74, 6) is -0.342. The third-order valence-electron chi connectivity index (χ3n) is 3.03. The number of carboxylic acid groups (broad SMARTS) is 1. The van der Waals surface area contributed by atoms with E-state index in [2.05, 4.69) is 25.4 Å². The number of aromatic nitrogens is 5. The van der Waals surface area contributed by atoms with Crippen molar-refractivity contribution in [3.05, 3.63) is 42.1 Å². The Morgan fingerprint density at radius 2 is 2.24 bits per heavy atom. The molecule has 0 spiro atoms. The van der Waals surface area contributed by atoms with Crippen LogP contribution in [0.4, 0.5) is 5.82 Å². The Hall–Kier alpha value is -3.03. The highest BCUT2D eigenvalue weighted by molar-refractivity contribution is 5.87. The van der Waals surface area contributed by atoms with E-state index >= 15 is 0 Å². The molecule has 0 unspecified atom stereocenters. The molecule has 0 aliphatic rings. The van der Waals surface area contributed by atoms with Crippen molar-refractivity contribution >= 4 is 22.8 Å². The van der Waals surface area contributed by atoms with Crippen LogP contribution in [0.3, 0.4) is 0 Å². The maximum atomic E-state index is 10.9. The second-order valence-corrected chi connectivity index (χ2v) is 4.42. The summed E-state index contributed by atoms with van der Waals surface area (Å²) in [5, 5.41) is 17.0. The van der Waals surface area contributed by atoms with E-state index in [1.54, 1.807) is 17.9 Å². The normalized spacial score (nSPS) is 10.7. The summed E-state index contributed by atoms with van der Waals surface area (Å²) in [5.41, 5.74) is 1.54. The van der Waals surface area contributed by atoms with Crippen molar-refractivity contribution in [2.45, 2.75) is 6.54 Å². The maximum absolute atomic E-state index is 10.9. The third kappa shape index (κ3) is 2.50. The second-order valence-electron chi connectivity index (χ2n) is 4.42. The molecule has 0 fully saturated rings. The summed E-state index contributed by atoms with van der Waals surface area (Å²) in [6, 6.07) is 2.98. The Labute approximate surface area is 119 Å². The van der Waals surface area contributed by atoms with Gasteiger partial charge in [-0.3, -0.25) is 9.67 Å². The molecule has 0 saturated heterocycles. The van der Waals surface area contributed by atoms with E-state index in [0.29, 0.717) is 18.1 Å². The van der Waals surface area contributed by atoms with Crippen LogP contribution in [0.5, 0.6) is 0 Å². The third-order valence-corrected chi connectivity index (χ3v) is 3.03. The molecule has 3 aromatic rings. The zero-order chi connectivity index (χ0) is 14.8. The number of fused-ring (bicyclic) bond motifs is 1. The predicted octanol–water partition coefficient (Wildman–Crippen LogP) is 1.07. The number of hydrogen-bond acceptors (Lipinski definition) is 6. The second kappa shape index (κ2) is 5.16. The summed E-state index contributed by atoms with van der Waals surface area (Å²) in [6.07, 6.45) is 4.60. The molecule has 0 atom stereocenters. The van der Waals surface area contributed by atoms with E-state index < -0.39 is 5.97 Å². The number of carbonyl (C=O) groups is 1. The Kier molecular flexibility index (Phi) is 3.19. The lowest BCUT2D eigenvalue weighted by Crippen LogP contribution is -2.06. The quantitative estimate of drug-likeness (QED) is 0.738. The first kappa shape index (κ1) is 13.0. The monoisotopic (exact) mass is 284 g/mol. The molecule has 3 rings (SSSR count). The van der Waals surface area contributed by atoms with Gasteiger partial charge in [0.25, 0.3) is 0 Å². The number of carboxylic acids is 1. The lowest BCUT2D eigenvalue weighted by molar-refractivity contribution is 0.0696. The van der Waals surface area contributed by atoms with Crippen molar-refractivity contribution in [3.8, 4) is 0 Å². The lowest BCUT2D eigenvalue weighted by atomic mass is 10.2. The van der Waals surface area contributed by atoms with Gasteiger partial charge < -0.3 is 10.4 Å². The fraction of sp³-hybridized carbons (Fsp3) is 0.154. The number of nitrogens with zero attached hydrogens (tertiary/aromatic N) is 5. The van der Waals surface area contributed by atoms with Crippen LogP contribution in [0.15, 0.2) is 30.9 Å². The van der Waals surface area contributed by atoms with Gasteiger partial charge in [-0.2, -0.15) is 5.10 Å². The first-order valence-electron chi connectivity index (χ1n) is 6.20. The van der Waals surface area contributed by atoms with E-state index in [1.165, 1.54) is 24.7 Å². The van der Waals surface area contributed by atoms with E-state index in [4.69, 9.17) is 5.11 Å². The number of anilines is 1. The SMILES string of the molecule is Cn1ncc2c(NCc3cc(C(=O)O)ccn3)ncnc21. The number of rotatable bonds is 4. The predicted molar refractivity (Wildman–Crippen MR) is 74.8 cm³/mol. The van der Waals surface area contributed by atoms with Crippen LogP contribution >= 0.6 is 0 Å². The minimum Gasteiger partial charge on any atom is -0.478 e. The van der Waals surface area contributed by atoms with Crippen molar-refractivity contribution in [1.82, 2.24) is 24.7 Å². The molecule has 3 heterocycles. The fourth-order valence-electron chi connectivity index (χ4n) is 1.99.